The van der Waals surface area contributed by atoms with E-state index in [0.717, 1.165) is 16.9 Å². The molecule has 4 rings (SSSR count). The van der Waals surface area contributed by atoms with E-state index in [2.05, 4.69) is 20.2 Å². The molecule has 0 atom stereocenters. The molecule has 0 N–H and O–H groups in total. The first kappa shape index (κ1) is 15.9. The SMILES string of the molecule is Cc1ccnc2nc(C(=O)N(C)Cc3cnn(-c4ccccc4)c3)nn12. The van der Waals surface area contributed by atoms with Crippen molar-refractivity contribution in [2.45, 2.75) is 13.5 Å². The fourth-order valence-electron chi connectivity index (χ4n) is 2.68. The molecule has 0 aliphatic heterocycles. The minimum Gasteiger partial charge on any atom is -0.334 e. The number of nitrogens with zero attached hydrogens (tertiary/aromatic N) is 7. The van der Waals surface area contributed by atoms with Crippen molar-refractivity contribution in [3.05, 3.63) is 72.1 Å². The highest BCUT2D eigenvalue weighted by molar-refractivity contribution is 5.90. The molecule has 0 saturated carbocycles. The summed E-state index contributed by atoms with van der Waals surface area (Å²) < 4.78 is 3.35. The fraction of sp³-hybridized carbons (Fsp3) is 0.167. The fourth-order valence-corrected chi connectivity index (χ4v) is 2.68. The molecule has 8 heteroatoms. The van der Waals surface area contributed by atoms with Gasteiger partial charge >= 0.3 is 0 Å². The Bertz CT molecular complexity index is 1070. The van der Waals surface area contributed by atoms with Crippen LogP contribution in [-0.4, -0.2) is 47.2 Å². The second-order valence-corrected chi connectivity index (χ2v) is 6.02. The van der Waals surface area contributed by atoms with E-state index in [-0.39, 0.29) is 11.7 Å². The molecule has 0 fully saturated rings. The summed E-state index contributed by atoms with van der Waals surface area (Å²) in [4.78, 5) is 22.6. The molecule has 1 aromatic carbocycles. The van der Waals surface area contributed by atoms with Crippen LogP contribution in [0.2, 0.25) is 0 Å². The third-order valence-electron chi connectivity index (χ3n) is 4.04. The highest BCUT2D eigenvalue weighted by Gasteiger charge is 2.19. The number of carbonyl (C=O) groups is 1. The van der Waals surface area contributed by atoms with Crippen molar-refractivity contribution < 1.29 is 4.79 Å². The molecule has 0 bridgehead atoms. The molecule has 0 saturated heterocycles. The third-order valence-corrected chi connectivity index (χ3v) is 4.04. The zero-order chi connectivity index (χ0) is 18.1. The molecule has 3 heterocycles. The first-order valence-electron chi connectivity index (χ1n) is 8.14. The summed E-state index contributed by atoms with van der Waals surface area (Å²) in [6, 6.07) is 11.6. The lowest BCUT2D eigenvalue weighted by Crippen LogP contribution is -2.27. The normalized spacial score (nSPS) is 11.0. The highest BCUT2D eigenvalue weighted by atomic mass is 16.2. The van der Waals surface area contributed by atoms with E-state index in [1.807, 2.05) is 49.5 Å². The average molecular weight is 347 g/mol. The van der Waals surface area contributed by atoms with E-state index < -0.39 is 0 Å². The highest BCUT2D eigenvalue weighted by Crippen LogP contribution is 2.11. The molecule has 1 amide bonds. The predicted octanol–water partition coefficient (Wildman–Crippen LogP) is 1.89. The molecule has 130 valence electrons. The van der Waals surface area contributed by atoms with E-state index in [4.69, 9.17) is 0 Å². The van der Waals surface area contributed by atoms with Gasteiger partial charge in [-0.15, -0.1) is 5.10 Å². The number of benzene rings is 1. The summed E-state index contributed by atoms with van der Waals surface area (Å²) >= 11 is 0. The molecular weight excluding hydrogens is 330 g/mol. The van der Waals surface area contributed by atoms with Crippen molar-refractivity contribution in [1.29, 1.82) is 0 Å². The first-order chi connectivity index (χ1) is 12.6. The molecule has 0 unspecified atom stereocenters. The minimum absolute atomic E-state index is 0.129. The van der Waals surface area contributed by atoms with Crippen LogP contribution in [0.3, 0.4) is 0 Å². The van der Waals surface area contributed by atoms with Crippen LogP contribution in [0.25, 0.3) is 11.5 Å². The van der Waals surface area contributed by atoms with Crippen LogP contribution in [0.1, 0.15) is 21.9 Å². The Morgan fingerprint density at radius 2 is 2.00 bits per heavy atom. The zero-order valence-corrected chi connectivity index (χ0v) is 14.4. The summed E-state index contributed by atoms with van der Waals surface area (Å²) in [5.74, 6) is 0.283. The van der Waals surface area contributed by atoms with Crippen LogP contribution in [0, 0.1) is 6.92 Å². The summed E-state index contributed by atoms with van der Waals surface area (Å²) in [5, 5.41) is 8.61. The van der Waals surface area contributed by atoms with Gasteiger partial charge in [-0.3, -0.25) is 4.79 Å². The maximum absolute atomic E-state index is 12.6. The molecule has 0 spiro atoms. The van der Waals surface area contributed by atoms with Crippen LogP contribution in [0.4, 0.5) is 0 Å². The lowest BCUT2D eigenvalue weighted by atomic mass is 10.3. The second kappa shape index (κ2) is 6.40. The van der Waals surface area contributed by atoms with E-state index >= 15 is 0 Å². The molecule has 4 aromatic rings. The Kier molecular flexibility index (Phi) is 3.92. The third kappa shape index (κ3) is 2.92. The number of fused-ring (bicyclic) bond motifs is 1. The van der Waals surface area contributed by atoms with E-state index in [1.165, 1.54) is 0 Å². The average Bonchev–Trinajstić information content (AvgIpc) is 3.29. The van der Waals surface area contributed by atoms with Gasteiger partial charge in [-0.25, -0.2) is 14.2 Å². The van der Waals surface area contributed by atoms with Gasteiger partial charge in [0, 0.05) is 37.2 Å². The van der Waals surface area contributed by atoms with Crippen molar-refractivity contribution in [3.63, 3.8) is 0 Å². The van der Waals surface area contributed by atoms with Crippen molar-refractivity contribution in [1.82, 2.24) is 34.3 Å². The van der Waals surface area contributed by atoms with Crippen LogP contribution in [0.5, 0.6) is 0 Å². The van der Waals surface area contributed by atoms with Crippen LogP contribution in [-0.2, 0) is 6.54 Å². The van der Waals surface area contributed by atoms with Crippen molar-refractivity contribution >= 4 is 11.7 Å². The van der Waals surface area contributed by atoms with E-state index in [0.29, 0.717) is 12.3 Å². The Balaban J connectivity index is 1.52. The van der Waals surface area contributed by atoms with Gasteiger partial charge in [0.1, 0.15) is 0 Å². The molecule has 26 heavy (non-hydrogen) atoms. The quantitative estimate of drug-likeness (QED) is 0.563. The van der Waals surface area contributed by atoms with Crippen LogP contribution >= 0.6 is 0 Å². The van der Waals surface area contributed by atoms with Crippen molar-refractivity contribution in [2.24, 2.45) is 0 Å². The van der Waals surface area contributed by atoms with Gasteiger partial charge in [0.05, 0.1) is 11.9 Å². The number of hydrogen-bond acceptors (Lipinski definition) is 5. The molecule has 3 aromatic heterocycles. The number of amides is 1. The maximum Gasteiger partial charge on any atom is 0.293 e. The first-order valence-corrected chi connectivity index (χ1v) is 8.14. The predicted molar refractivity (Wildman–Crippen MR) is 94.9 cm³/mol. The minimum atomic E-state index is -0.262. The largest absolute Gasteiger partial charge is 0.334 e. The number of aryl methyl sites for hydroxylation is 1. The Hall–Kier alpha value is -3.55. The van der Waals surface area contributed by atoms with Crippen molar-refractivity contribution in [2.75, 3.05) is 7.05 Å². The van der Waals surface area contributed by atoms with Crippen LogP contribution < -0.4 is 0 Å². The Labute approximate surface area is 149 Å². The van der Waals surface area contributed by atoms with E-state index in [9.17, 15) is 4.79 Å². The maximum atomic E-state index is 12.6. The van der Waals surface area contributed by atoms with Crippen molar-refractivity contribution in [3.8, 4) is 5.69 Å². The Morgan fingerprint density at radius 1 is 1.19 bits per heavy atom. The van der Waals surface area contributed by atoms with Gasteiger partial charge in [-0.05, 0) is 25.1 Å². The summed E-state index contributed by atoms with van der Waals surface area (Å²) in [5.41, 5.74) is 2.76. The lowest BCUT2D eigenvalue weighted by molar-refractivity contribution is 0.0773. The molecule has 8 nitrogen and oxygen atoms in total. The summed E-state index contributed by atoms with van der Waals surface area (Å²) in [6.07, 6.45) is 5.30. The second-order valence-electron chi connectivity index (χ2n) is 6.02. The number of hydrogen-bond donors (Lipinski definition) is 0. The Morgan fingerprint density at radius 3 is 2.77 bits per heavy atom. The number of carbonyl (C=O) groups excluding carboxylic acids is 1. The summed E-state index contributed by atoms with van der Waals surface area (Å²) in [7, 11) is 1.72. The zero-order valence-electron chi connectivity index (χ0n) is 14.4. The van der Waals surface area contributed by atoms with Gasteiger partial charge in [0.2, 0.25) is 5.82 Å². The number of para-hydroxylation sites is 1. The van der Waals surface area contributed by atoms with Gasteiger partial charge < -0.3 is 4.90 Å². The topological polar surface area (TPSA) is 81.2 Å². The molecular formula is C18H17N7O. The van der Waals surface area contributed by atoms with Gasteiger partial charge in [0.15, 0.2) is 0 Å². The van der Waals surface area contributed by atoms with Gasteiger partial charge in [0.25, 0.3) is 11.7 Å². The van der Waals surface area contributed by atoms with E-state index in [1.54, 1.807) is 33.5 Å². The standard InChI is InChI=1S/C18H17N7O/c1-13-8-9-19-18-21-16(22-25(13)18)17(26)23(2)11-14-10-20-24(12-14)15-6-4-3-5-7-15/h3-10,12H,11H2,1-2H3. The molecule has 0 aliphatic carbocycles. The molecule has 0 radical (unpaired) electrons. The number of rotatable bonds is 4. The smallest absolute Gasteiger partial charge is 0.293 e. The molecule has 0 aliphatic rings. The van der Waals surface area contributed by atoms with Crippen LogP contribution in [0.15, 0.2) is 55.0 Å². The number of aromatic nitrogens is 6. The lowest BCUT2D eigenvalue weighted by Gasteiger charge is -2.13. The monoisotopic (exact) mass is 347 g/mol. The van der Waals surface area contributed by atoms with Gasteiger partial charge in [-0.1, -0.05) is 18.2 Å². The van der Waals surface area contributed by atoms with Gasteiger partial charge in [-0.2, -0.15) is 10.1 Å². The summed E-state index contributed by atoms with van der Waals surface area (Å²) in [6.45, 7) is 2.30.